The minimum atomic E-state index is 0.720. The monoisotopic (exact) mass is 305 g/mol. The Labute approximate surface area is 116 Å². The molecule has 4 heteroatoms. The van der Waals surface area contributed by atoms with E-state index < -0.39 is 0 Å². The Kier molecular flexibility index (Phi) is 3.77. The summed E-state index contributed by atoms with van der Waals surface area (Å²) < 4.78 is 0.978. The molecule has 2 rings (SSSR count). The number of benzene rings is 2. The van der Waals surface area contributed by atoms with Gasteiger partial charge in [-0.2, -0.15) is 0 Å². The van der Waals surface area contributed by atoms with E-state index in [9.17, 15) is 0 Å². The summed E-state index contributed by atoms with van der Waals surface area (Å²) in [6, 6.07) is 14.0. The summed E-state index contributed by atoms with van der Waals surface area (Å²) in [5.41, 5.74) is 9.78. The predicted molar refractivity (Wildman–Crippen MR) is 82.6 cm³/mol. The molecule has 3 N–H and O–H groups in total. The Morgan fingerprint density at radius 1 is 1.06 bits per heavy atom. The van der Waals surface area contributed by atoms with E-state index in [2.05, 4.69) is 32.2 Å². The molecule has 94 valence electrons. The second-order valence-corrected chi connectivity index (χ2v) is 5.18. The Bertz CT molecular complexity index is 552. The number of hydrogen-bond acceptors (Lipinski definition) is 3. The number of para-hydroxylation sites is 2. The van der Waals surface area contributed by atoms with Crippen molar-refractivity contribution in [3.63, 3.8) is 0 Å². The van der Waals surface area contributed by atoms with Crippen LogP contribution in [0.4, 0.5) is 22.7 Å². The van der Waals surface area contributed by atoms with Gasteiger partial charge in [0.1, 0.15) is 0 Å². The van der Waals surface area contributed by atoms with E-state index in [4.69, 9.17) is 5.73 Å². The number of nitrogen functional groups attached to an aromatic ring is 1. The molecular formula is C14H16BrN3. The van der Waals surface area contributed by atoms with Crippen molar-refractivity contribution >= 4 is 38.7 Å². The molecule has 0 aliphatic carbocycles. The van der Waals surface area contributed by atoms with Crippen molar-refractivity contribution in [1.29, 1.82) is 0 Å². The van der Waals surface area contributed by atoms with Crippen molar-refractivity contribution in [2.45, 2.75) is 0 Å². The van der Waals surface area contributed by atoms with Crippen LogP contribution in [0.2, 0.25) is 0 Å². The topological polar surface area (TPSA) is 41.3 Å². The van der Waals surface area contributed by atoms with Crippen LogP contribution in [0.5, 0.6) is 0 Å². The fourth-order valence-electron chi connectivity index (χ4n) is 1.76. The third-order valence-corrected chi connectivity index (χ3v) is 3.16. The number of rotatable bonds is 3. The highest BCUT2D eigenvalue weighted by Crippen LogP contribution is 2.31. The second kappa shape index (κ2) is 5.31. The third kappa shape index (κ3) is 2.76. The van der Waals surface area contributed by atoms with Gasteiger partial charge < -0.3 is 16.0 Å². The standard InChI is InChI=1S/C14H16BrN3/c1-18(2)14-6-4-3-5-13(14)17-12-8-7-10(15)9-11(12)16/h3-9,17H,16H2,1-2H3. The quantitative estimate of drug-likeness (QED) is 0.847. The van der Waals surface area contributed by atoms with Gasteiger partial charge in [-0.15, -0.1) is 0 Å². The lowest BCUT2D eigenvalue weighted by Crippen LogP contribution is -2.11. The highest BCUT2D eigenvalue weighted by molar-refractivity contribution is 9.10. The van der Waals surface area contributed by atoms with Crippen LogP contribution in [0.25, 0.3) is 0 Å². The summed E-state index contributed by atoms with van der Waals surface area (Å²) in [5.74, 6) is 0. The van der Waals surface area contributed by atoms with Crippen LogP contribution >= 0.6 is 15.9 Å². The molecule has 0 heterocycles. The van der Waals surface area contributed by atoms with Crippen LogP contribution in [0.3, 0.4) is 0 Å². The van der Waals surface area contributed by atoms with Crippen molar-refractivity contribution in [1.82, 2.24) is 0 Å². The first-order valence-corrected chi connectivity index (χ1v) is 6.45. The Balaban J connectivity index is 2.34. The Morgan fingerprint density at radius 3 is 2.44 bits per heavy atom. The van der Waals surface area contributed by atoms with E-state index in [1.54, 1.807) is 0 Å². The van der Waals surface area contributed by atoms with E-state index in [-0.39, 0.29) is 0 Å². The molecule has 18 heavy (non-hydrogen) atoms. The average Bonchev–Trinajstić information content (AvgIpc) is 2.33. The van der Waals surface area contributed by atoms with Gasteiger partial charge in [0, 0.05) is 18.6 Å². The molecule has 0 saturated heterocycles. The van der Waals surface area contributed by atoms with Crippen molar-refractivity contribution in [3.8, 4) is 0 Å². The summed E-state index contributed by atoms with van der Waals surface area (Å²) in [6.45, 7) is 0. The van der Waals surface area contributed by atoms with Crippen LogP contribution in [0.1, 0.15) is 0 Å². The lowest BCUT2D eigenvalue weighted by atomic mass is 10.2. The highest BCUT2D eigenvalue weighted by Gasteiger charge is 2.05. The number of hydrogen-bond donors (Lipinski definition) is 2. The summed E-state index contributed by atoms with van der Waals surface area (Å²) in [5, 5.41) is 3.36. The molecule has 0 aromatic heterocycles. The Morgan fingerprint density at radius 2 is 1.78 bits per heavy atom. The van der Waals surface area contributed by atoms with Crippen LogP contribution in [-0.2, 0) is 0 Å². The molecule has 0 saturated carbocycles. The summed E-state index contributed by atoms with van der Waals surface area (Å²) >= 11 is 3.40. The lowest BCUT2D eigenvalue weighted by molar-refractivity contribution is 1.13. The van der Waals surface area contributed by atoms with Gasteiger partial charge in [-0.3, -0.25) is 0 Å². The molecule has 3 nitrogen and oxygen atoms in total. The van der Waals surface area contributed by atoms with E-state index in [1.807, 2.05) is 50.5 Å². The Hall–Kier alpha value is -1.68. The van der Waals surface area contributed by atoms with E-state index in [1.165, 1.54) is 0 Å². The van der Waals surface area contributed by atoms with Crippen LogP contribution in [0, 0.1) is 0 Å². The van der Waals surface area contributed by atoms with E-state index >= 15 is 0 Å². The minimum Gasteiger partial charge on any atom is -0.397 e. The van der Waals surface area contributed by atoms with Crippen LogP contribution in [0.15, 0.2) is 46.9 Å². The maximum Gasteiger partial charge on any atom is 0.0622 e. The number of anilines is 4. The van der Waals surface area contributed by atoms with Gasteiger partial charge in [0.25, 0.3) is 0 Å². The van der Waals surface area contributed by atoms with E-state index in [0.29, 0.717) is 0 Å². The van der Waals surface area contributed by atoms with Gasteiger partial charge in [0.2, 0.25) is 0 Å². The molecule has 0 fully saturated rings. The minimum absolute atomic E-state index is 0.720. The molecule has 0 aliphatic heterocycles. The van der Waals surface area contributed by atoms with Crippen molar-refractivity contribution in [2.24, 2.45) is 0 Å². The molecule has 0 bridgehead atoms. The third-order valence-electron chi connectivity index (χ3n) is 2.67. The van der Waals surface area contributed by atoms with Gasteiger partial charge in [0.05, 0.1) is 22.7 Å². The first-order chi connectivity index (χ1) is 8.58. The molecule has 0 radical (unpaired) electrons. The van der Waals surface area contributed by atoms with Crippen LogP contribution < -0.4 is 16.0 Å². The highest BCUT2D eigenvalue weighted by atomic mass is 79.9. The first kappa shape index (κ1) is 12.8. The SMILES string of the molecule is CN(C)c1ccccc1Nc1ccc(Br)cc1N. The fraction of sp³-hybridized carbons (Fsp3) is 0.143. The van der Waals surface area contributed by atoms with Gasteiger partial charge in [-0.25, -0.2) is 0 Å². The van der Waals surface area contributed by atoms with Gasteiger partial charge in [0.15, 0.2) is 0 Å². The van der Waals surface area contributed by atoms with Crippen molar-refractivity contribution in [3.05, 3.63) is 46.9 Å². The zero-order chi connectivity index (χ0) is 13.1. The molecule has 0 unspecified atom stereocenters. The summed E-state index contributed by atoms with van der Waals surface area (Å²) in [6.07, 6.45) is 0. The summed E-state index contributed by atoms with van der Waals surface area (Å²) in [7, 11) is 4.04. The smallest absolute Gasteiger partial charge is 0.0622 e. The zero-order valence-electron chi connectivity index (χ0n) is 10.4. The first-order valence-electron chi connectivity index (χ1n) is 5.66. The zero-order valence-corrected chi connectivity index (χ0v) is 12.0. The molecule has 0 spiro atoms. The largest absolute Gasteiger partial charge is 0.397 e. The van der Waals surface area contributed by atoms with Gasteiger partial charge >= 0.3 is 0 Å². The number of nitrogens with zero attached hydrogens (tertiary/aromatic N) is 1. The lowest BCUT2D eigenvalue weighted by Gasteiger charge is -2.19. The van der Waals surface area contributed by atoms with Crippen molar-refractivity contribution < 1.29 is 0 Å². The predicted octanol–water partition coefficient (Wildman–Crippen LogP) is 3.84. The maximum atomic E-state index is 5.99. The summed E-state index contributed by atoms with van der Waals surface area (Å²) in [4.78, 5) is 2.07. The number of nitrogens with two attached hydrogens (primary N) is 1. The molecule has 0 atom stereocenters. The van der Waals surface area contributed by atoms with Crippen LogP contribution in [-0.4, -0.2) is 14.1 Å². The van der Waals surface area contributed by atoms with Gasteiger partial charge in [-0.05, 0) is 30.3 Å². The maximum absolute atomic E-state index is 5.99. The number of halogens is 1. The molecular weight excluding hydrogens is 290 g/mol. The molecule has 0 aliphatic rings. The number of nitrogens with one attached hydrogen (secondary N) is 1. The molecule has 2 aromatic rings. The van der Waals surface area contributed by atoms with Crippen molar-refractivity contribution in [2.75, 3.05) is 30.0 Å². The average molecular weight is 306 g/mol. The normalized spacial score (nSPS) is 10.2. The molecule has 2 aromatic carbocycles. The molecule has 0 amide bonds. The fourth-order valence-corrected chi connectivity index (χ4v) is 2.14. The van der Waals surface area contributed by atoms with E-state index in [0.717, 1.165) is 27.2 Å². The second-order valence-electron chi connectivity index (χ2n) is 4.27. The van der Waals surface area contributed by atoms with Gasteiger partial charge in [-0.1, -0.05) is 28.1 Å².